The average Bonchev–Trinajstić information content (AvgIpc) is 2.85. The lowest BCUT2D eigenvalue weighted by Gasteiger charge is -2.17. The summed E-state index contributed by atoms with van der Waals surface area (Å²) >= 11 is 0. The molecular weight excluding hydrogens is 242 g/mol. The third-order valence-electron chi connectivity index (χ3n) is 2.93. The van der Waals surface area contributed by atoms with Gasteiger partial charge >= 0.3 is 0 Å². The van der Waals surface area contributed by atoms with E-state index in [1.165, 1.54) is 0 Å². The van der Waals surface area contributed by atoms with Gasteiger partial charge < -0.3 is 11.1 Å². The molecule has 2 aromatic heterocycles. The van der Waals surface area contributed by atoms with Crippen LogP contribution in [0.25, 0.3) is 0 Å². The number of nitrogens with two attached hydrogens (primary N) is 1. The number of pyridine rings is 1. The summed E-state index contributed by atoms with van der Waals surface area (Å²) in [6, 6.07) is 2.90. The van der Waals surface area contributed by atoms with Crippen molar-refractivity contribution in [2.45, 2.75) is 19.0 Å². The summed E-state index contributed by atoms with van der Waals surface area (Å²) in [4.78, 5) is 16.0. The van der Waals surface area contributed by atoms with Crippen LogP contribution in [0, 0.1) is 0 Å². The molecule has 0 fully saturated rings. The molecule has 2 atom stereocenters. The van der Waals surface area contributed by atoms with Crippen LogP contribution in [0.2, 0.25) is 0 Å². The number of nitrogens with zero attached hydrogens (tertiary/aromatic N) is 3. The summed E-state index contributed by atoms with van der Waals surface area (Å²) in [6.45, 7) is 1.91. The number of hydrogen-bond acceptors (Lipinski definition) is 4. The summed E-state index contributed by atoms with van der Waals surface area (Å²) in [6.07, 6.45) is 6.72. The topological polar surface area (TPSA) is 85.8 Å². The molecule has 2 heterocycles. The van der Waals surface area contributed by atoms with Crippen molar-refractivity contribution in [1.82, 2.24) is 20.1 Å². The number of aryl methyl sites for hydroxylation is 1. The molecule has 2 rings (SSSR count). The maximum Gasteiger partial charge on any atom is 0.242 e. The highest BCUT2D eigenvalue weighted by Gasteiger charge is 2.19. The molecule has 0 radical (unpaired) electrons. The van der Waals surface area contributed by atoms with Crippen molar-refractivity contribution in [3.63, 3.8) is 0 Å². The van der Waals surface area contributed by atoms with Crippen LogP contribution < -0.4 is 11.1 Å². The average molecular weight is 259 g/mol. The van der Waals surface area contributed by atoms with Crippen molar-refractivity contribution >= 4 is 5.91 Å². The molecule has 0 saturated carbocycles. The van der Waals surface area contributed by atoms with Gasteiger partial charge in [-0.1, -0.05) is 0 Å². The summed E-state index contributed by atoms with van der Waals surface area (Å²) in [5.74, 6) is -0.225. The standard InChI is InChI=1S/C13H17N5O/c1-9(10-3-5-15-6-4-10)17-13(19)12(14)11-7-16-18(2)8-11/h3-9,12H,14H2,1-2H3,(H,17,19)/t9-,12?/m0/s1. The van der Waals surface area contributed by atoms with E-state index in [0.29, 0.717) is 5.56 Å². The molecule has 0 aliphatic rings. The normalized spacial score (nSPS) is 13.8. The van der Waals surface area contributed by atoms with Gasteiger partial charge in [-0.05, 0) is 24.6 Å². The summed E-state index contributed by atoms with van der Waals surface area (Å²) in [7, 11) is 1.79. The van der Waals surface area contributed by atoms with Gasteiger partial charge in [0.15, 0.2) is 0 Å². The van der Waals surface area contributed by atoms with Crippen molar-refractivity contribution in [1.29, 1.82) is 0 Å². The predicted octanol–water partition coefficient (Wildman–Crippen LogP) is 0.692. The van der Waals surface area contributed by atoms with Crippen molar-refractivity contribution < 1.29 is 4.79 Å². The zero-order chi connectivity index (χ0) is 13.8. The van der Waals surface area contributed by atoms with Gasteiger partial charge in [0.2, 0.25) is 5.91 Å². The zero-order valence-electron chi connectivity index (χ0n) is 10.9. The number of nitrogens with one attached hydrogen (secondary N) is 1. The Morgan fingerprint density at radius 2 is 2.05 bits per heavy atom. The second-order valence-electron chi connectivity index (χ2n) is 4.44. The molecular formula is C13H17N5O. The number of rotatable bonds is 4. The lowest BCUT2D eigenvalue weighted by molar-refractivity contribution is -0.123. The minimum Gasteiger partial charge on any atom is -0.348 e. The zero-order valence-corrected chi connectivity index (χ0v) is 10.9. The van der Waals surface area contributed by atoms with E-state index in [0.717, 1.165) is 5.56 Å². The van der Waals surface area contributed by atoms with Gasteiger partial charge in [0.1, 0.15) is 6.04 Å². The van der Waals surface area contributed by atoms with E-state index in [2.05, 4.69) is 15.4 Å². The number of amides is 1. The van der Waals surface area contributed by atoms with Crippen LogP contribution in [0.15, 0.2) is 36.9 Å². The molecule has 2 aromatic rings. The molecule has 100 valence electrons. The second-order valence-corrected chi connectivity index (χ2v) is 4.44. The van der Waals surface area contributed by atoms with Crippen LogP contribution in [0.5, 0.6) is 0 Å². The highest BCUT2D eigenvalue weighted by Crippen LogP contribution is 2.14. The highest BCUT2D eigenvalue weighted by molar-refractivity contribution is 5.83. The first-order valence-corrected chi connectivity index (χ1v) is 6.02. The summed E-state index contributed by atoms with van der Waals surface area (Å²) < 4.78 is 1.62. The van der Waals surface area contributed by atoms with Crippen molar-refractivity contribution in [3.8, 4) is 0 Å². The monoisotopic (exact) mass is 259 g/mol. The van der Waals surface area contributed by atoms with Gasteiger partial charge in [0, 0.05) is 31.2 Å². The van der Waals surface area contributed by atoms with E-state index < -0.39 is 6.04 Å². The lowest BCUT2D eigenvalue weighted by atomic mass is 10.1. The Bertz CT molecular complexity index is 551. The summed E-state index contributed by atoms with van der Waals surface area (Å²) in [5, 5.41) is 6.88. The van der Waals surface area contributed by atoms with Crippen LogP contribution in [0.4, 0.5) is 0 Å². The van der Waals surface area contributed by atoms with Crippen LogP contribution >= 0.6 is 0 Å². The van der Waals surface area contributed by atoms with Gasteiger partial charge in [0.05, 0.1) is 12.2 Å². The molecule has 6 heteroatoms. The van der Waals surface area contributed by atoms with Crippen LogP contribution in [-0.2, 0) is 11.8 Å². The molecule has 1 unspecified atom stereocenters. The first kappa shape index (κ1) is 13.2. The lowest BCUT2D eigenvalue weighted by Crippen LogP contribution is -2.35. The minimum atomic E-state index is -0.710. The Morgan fingerprint density at radius 1 is 1.37 bits per heavy atom. The fourth-order valence-electron chi connectivity index (χ4n) is 1.79. The SMILES string of the molecule is C[C@H](NC(=O)C(N)c1cnn(C)c1)c1ccncc1. The maximum absolute atomic E-state index is 12.0. The molecule has 0 saturated heterocycles. The van der Waals surface area contributed by atoms with Crippen LogP contribution in [-0.4, -0.2) is 20.7 Å². The fraction of sp³-hybridized carbons (Fsp3) is 0.308. The molecule has 0 aliphatic carbocycles. The molecule has 1 amide bonds. The Hall–Kier alpha value is -2.21. The van der Waals surface area contributed by atoms with Crippen LogP contribution in [0.1, 0.15) is 30.1 Å². The van der Waals surface area contributed by atoms with E-state index >= 15 is 0 Å². The quantitative estimate of drug-likeness (QED) is 0.846. The molecule has 0 aromatic carbocycles. The second kappa shape index (κ2) is 5.62. The Kier molecular flexibility index (Phi) is 3.91. The van der Waals surface area contributed by atoms with E-state index in [1.54, 1.807) is 36.5 Å². The highest BCUT2D eigenvalue weighted by atomic mass is 16.2. The number of hydrogen-bond donors (Lipinski definition) is 2. The first-order valence-electron chi connectivity index (χ1n) is 6.02. The fourth-order valence-corrected chi connectivity index (χ4v) is 1.79. The van der Waals surface area contributed by atoms with Crippen molar-refractivity contribution in [3.05, 3.63) is 48.0 Å². The van der Waals surface area contributed by atoms with Crippen LogP contribution in [0.3, 0.4) is 0 Å². The third kappa shape index (κ3) is 3.17. The molecule has 0 spiro atoms. The first-order chi connectivity index (χ1) is 9.08. The van der Waals surface area contributed by atoms with E-state index in [9.17, 15) is 4.79 Å². The van der Waals surface area contributed by atoms with Gasteiger partial charge in [-0.15, -0.1) is 0 Å². The molecule has 6 nitrogen and oxygen atoms in total. The molecule has 3 N–H and O–H groups in total. The minimum absolute atomic E-state index is 0.113. The van der Waals surface area contributed by atoms with Gasteiger partial charge in [-0.25, -0.2) is 0 Å². The molecule has 0 bridgehead atoms. The Morgan fingerprint density at radius 3 is 2.63 bits per heavy atom. The number of aromatic nitrogens is 3. The number of carbonyl (C=O) groups excluding carboxylic acids is 1. The van der Waals surface area contributed by atoms with Gasteiger partial charge in [0.25, 0.3) is 0 Å². The van der Waals surface area contributed by atoms with E-state index in [-0.39, 0.29) is 11.9 Å². The van der Waals surface area contributed by atoms with Gasteiger partial charge in [-0.3, -0.25) is 14.5 Å². The van der Waals surface area contributed by atoms with E-state index in [4.69, 9.17) is 5.73 Å². The Balaban J connectivity index is 2.01. The van der Waals surface area contributed by atoms with Crippen molar-refractivity contribution in [2.24, 2.45) is 12.8 Å². The van der Waals surface area contributed by atoms with E-state index in [1.807, 2.05) is 19.1 Å². The number of carbonyl (C=O) groups is 1. The van der Waals surface area contributed by atoms with Crippen molar-refractivity contribution in [2.75, 3.05) is 0 Å². The smallest absolute Gasteiger partial charge is 0.242 e. The largest absolute Gasteiger partial charge is 0.348 e. The molecule has 0 aliphatic heterocycles. The maximum atomic E-state index is 12.0. The Labute approximate surface area is 111 Å². The predicted molar refractivity (Wildman–Crippen MR) is 70.9 cm³/mol. The van der Waals surface area contributed by atoms with Gasteiger partial charge in [-0.2, -0.15) is 5.10 Å². The molecule has 19 heavy (non-hydrogen) atoms. The summed E-state index contributed by atoms with van der Waals surface area (Å²) in [5.41, 5.74) is 7.58. The third-order valence-corrected chi connectivity index (χ3v) is 2.93.